The van der Waals surface area contributed by atoms with Gasteiger partial charge in [0.05, 0.1) is 11.7 Å². The second-order valence-electron chi connectivity index (χ2n) is 7.03. The fourth-order valence-corrected chi connectivity index (χ4v) is 3.37. The predicted molar refractivity (Wildman–Crippen MR) is 131 cm³/mol. The lowest BCUT2D eigenvalue weighted by Crippen LogP contribution is -2.49. The van der Waals surface area contributed by atoms with E-state index in [1.165, 1.54) is 0 Å². The summed E-state index contributed by atoms with van der Waals surface area (Å²) in [6.07, 6.45) is -0.103. The first-order valence-electron chi connectivity index (χ1n) is 9.80. The molecule has 0 radical (unpaired) electrons. The molecule has 0 saturated carbocycles. The normalized spacial score (nSPS) is 10.5. The summed E-state index contributed by atoms with van der Waals surface area (Å²) >= 11 is 8.45. The molecule has 32 heavy (non-hydrogen) atoms. The molecule has 0 atom stereocenters. The van der Waals surface area contributed by atoms with Crippen molar-refractivity contribution in [3.63, 3.8) is 0 Å². The van der Waals surface area contributed by atoms with Gasteiger partial charge in [0, 0.05) is 9.86 Å². The van der Waals surface area contributed by atoms with Gasteiger partial charge in [0.1, 0.15) is 11.5 Å². The number of benzene rings is 3. The smallest absolute Gasteiger partial charge is 0.276 e. The Morgan fingerprint density at radius 1 is 1.00 bits per heavy atom. The minimum Gasteiger partial charge on any atom is -0.490 e. The third kappa shape index (κ3) is 6.41. The minimum atomic E-state index is -0.472. The van der Waals surface area contributed by atoms with Crippen molar-refractivity contribution in [1.29, 1.82) is 0 Å². The van der Waals surface area contributed by atoms with Crippen LogP contribution < -0.4 is 25.6 Å². The zero-order valence-corrected chi connectivity index (χ0v) is 19.9. The summed E-state index contributed by atoms with van der Waals surface area (Å²) in [6.45, 7) is 3.51. The minimum absolute atomic E-state index is 0.0658. The van der Waals surface area contributed by atoms with Crippen LogP contribution in [0.2, 0.25) is 0 Å². The number of hydrogen-bond donors (Lipinski definition) is 3. The molecule has 0 aromatic heterocycles. The van der Waals surface area contributed by atoms with E-state index in [2.05, 4.69) is 32.1 Å². The maximum absolute atomic E-state index is 12.6. The molecule has 0 aliphatic carbocycles. The van der Waals surface area contributed by atoms with Crippen LogP contribution in [0.5, 0.6) is 11.5 Å². The van der Waals surface area contributed by atoms with E-state index in [1.54, 1.807) is 24.3 Å². The second-order valence-corrected chi connectivity index (χ2v) is 8.35. The number of thiocarbonyl (C=S) groups is 1. The third-order valence-electron chi connectivity index (χ3n) is 4.20. The van der Waals surface area contributed by atoms with E-state index in [4.69, 9.17) is 21.7 Å². The summed E-state index contributed by atoms with van der Waals surface area (Å²) in [5.41, 5.74) is 5.21. The molecule has 0 fully saturated rings. The maximum Gasteiger partial charge on any atom is 0.276 e. The molecule has 0 aliphatic rings. The summed E-state index contributed by atoms with van der Waals surface area (Å²) in [7, 11) is 0. The van der Waals surface area contributed by atoms with Crippen LogP contribution in [-0.2, 0) is 4.79 Å². The van der Waals surface area contributed by atoms with E-state index >= 15 is 0 Å². The van der Waals surface area contributed by atoms with Crippen LogP contribution in [0.4, 0.5) is 0 Å². The highest BCUT2D eigenvalue weighted by Gasteiger charge is 2.16. The number of carbonyl (C=O) groups excluding carboxylic acids is 2. The number of hydrogen-bond acceptors (Lipinski definition) is 5. The summed E-state index contributed by atoms with van der Waals surface area (Å²) in [5.74, 6) is 0.0963. The zero-order valence-electron chi connectivity index (χ0n) is 17.5. The van der Waals surface area contributed by atoms with E-state index < -0.39 is 11.8 Å². The number of carbonyl (C=O) groups is 2. The first-order chi connectivity index (χ1) is 15.3. The quantitative estimate of drug-likeness (QED) is 0.338. The van der Waals surface area contributed by atoms with Crippen molar-refractivity contribution < 1.29 is 19.1 Å². The lowest BCUT2D eigenvalue weighted by Gasteiger charge is -2.15. The SMILES string of the molecule is CC(C)Oc1ccc(Br)cc1C(=O)NC(=S)NNC(=O)COc1cccc2ccccc12. The Labute approximate surface area is 199 Å². The Kier molecular flexibility index (Phi) is 8.02. The first-order valence-corrected chi connectivity index (χ1v) is 11.0. The van der Waals surface area contributed by atoms with Crippen molar-refractivity contribution in [2.45, 2.75) is 20.0 Å². The summed E-state index contributed by atoms with van der Waals surface area (Å²) < 4.78 is 12.0. The molecule has 2 amide bonds. The van der Waals surface area contributed by atoms with Crippen LogP contribution in [0.1, 0.15) is 24.2 Å². The molecule has 0 aliphatic heterocycles. The monoisotopic (exact) mass is 515 g/mol. The van der Waals surface area contributed by atoms with Crippen molar-refractivity contribution in [2.75, 3.05) is 6.61 Å². The largest absolute Gasteiger partial charge is 0.490 e. The van der Waals surface area contributed by atoms with Gasteiger partial charge in [-0.25, -0.2) is 0 Å². The first kappa shape index (κ1) is 23.5. The van der Waals surface area contributed by atoms with Crippen molar-refractivity contribution in [3.05, 3.63) is 70.7 Å². The van der Waals surface area contributed by atoms with Crippen molar-refractivity contribution in [1.82, 2.24) is 16.2 Å². The van der Waals surface area contributed by atoms with Crippen LogP contribution in [0.25, 0.3) is 10.8 Å². The third-order valence-corrected chi connectivity index (χ3v) is 4.90. The Balaban J connectivity index is 1.52. The molecule has 3 N–H and O–H groups in total. The molecule has 0 heterocycles. The van der Waals surface area contributed by atoms with E-state index in [-0.39, 0.29) is 17.8 Å². The molecule has 0 unspecified atom stereocenters. The van der Waals surface area contributed by atoms with Gasteiger partial charge in [0.15, 0.2) is 11.7 Å². The standard InChI is InChI=1S/C23H22BrN3O4S/c1-14(2)31-20-11-10-16(24)12-18(20)22(29)25-23(32)27-26-21(28)13-30-19-9-5-7-15-6-3-4-8-17(15)19/h3-12,14H,13H2,1-2H3,(H,26,28)(H2,25,27,29,32). The summed E-state index contributed by atoms with van der Waals surface area (Å²) in [5, 5.41) is 4.37. The molecule has 3 aromatic carbocycles. The lowest BCUT2D eigenvalue weighted by atomic mass is 10.1. The van der Waals surface area contributed by atoms with Gasteiger partial charge in [-0.15, -0.1) is 0 Å². The van der Waals surface area contributed by atoms with Crippen LogP contribution in [-0.4, -0.2) is 29.6 Å². The van der Waals surface area contributed by atoms with Gasteiger partial charge >= 0.3 is 0 Å². The molecule has 7 nitrogen and oxygen atoms in total. The Bertz CT molecular complexity index is 1150. The fourth-order valence-electron chi connectivity index (χ4n) is 2.87. The molecule has 0 spiro atoms. The van der Waals surface area contributed by atoms with E-state index in [0.29, 0.717) is 17.1 Å². The summed E-state index contributed by atoms with van der Waals surface area (Å²) in [4.78, 5) is 24.7. The van der Waals surface area contributed by atoms with Crippen LogP contribution in [0, 0.1) is 0 Å². The topological polar surface area (TPSA) is 88.7 Å². The van der Waals surface area contributed by atoms with Gasteiger partial charge in [0.25, 0.3) is 11.8 Å². The van der Waals surface area contributed by atoms with Crippen LogP contribution in [0.15, 0.2) is 65.1 Å². The molecule has 0 saturated heterocycles. The van der Waals surface area contributed by atoms with E-state index in [0.717, 1.165) is 15.2 Å². The van der Waals surface area contributed by atoms with Crippen LogP contribution >= 0.6 is 28.1 Å². The van der Waals surface area contributed by atoms with Crippen LogP contribution in [0.3, 0.4) is 0 Å². The van der Waals surface area contributed by atoms with Gasteiger partial charge in [-0.1, -0.05) is 52.3 Å². The maximum atomic E-state index is 12.6. The van der Waals surface area contributed by atoms with Gasteiger partial charge in [-0.05, 0) is 55.7 Å². The molecule has 0 bridgehead atoms. The molecule has 3 rings (SSSR count). The number of fused-ring (bicyclic) bond motifs is 1. The van der Waals surface area contributed by atoms with Gasteiger partial charge in [-0.3, -0.25) is 25.8 Å². The highest BCUT2D eigenvalue weighted by molar-refractivity contribution is 9.10. The van der Waals surface area contributed by atoms with Crippen molar-refractivity contribution >= 4 is 55.8 Å². The zero-order chi connectivity index (χ0) is 23.1. The van der Waals surface area contributed by atoms with Gasteiger partial charge < -0.3 is 9.47 Å². The summed E-state index contributed by atoms with van der Waals surface area (Å²) in [6, 6.07) is 18.5. The number of hydrazine groups is 1. The van der Waals surface area contributed by atoms with Gasteiger partial charge in [0.2, 0.25) is 0 Å². The average Bonchev–Trinajstić information content (AvgIpc) is 2.77. The molecule has 9 heteroatoms. The fraction of sp³-hybridized carbons (Fsp3) is 0.174. The number of ether oxygens (including phenoxy) is 2. The highest BCUT2D eigenvalue weighted by atomic mass is 79.9. The van der Waals surface area contributed by atoms with E-state index in [1.807, 2.05) is 50.2 Å². The van der Waals surface area contributed by atoms with E-state index in [9.17, 15) is 9.59 Å². The lowest BCUT2D eigenvalue weighted by molar-refractivity contribution is -0.123. The Morgan fingerprint density at radius 2 is 1.75 bits per heavy atom. The molecular formula is C23H22BrN3O4S. The highest BCUT2D eigenvalue weighted by Crippen LogP contribution is 2.25. The van der Waals surface area contributed by atoms with Crippen molar-refractivity contribution in [2.24, 2.45) is 0 Å². The number of amides is 2. The Hall–Kier alpha value is -3.17. The van der Waals surface area contributed by atoms with Crippen molar-refractivity contribution in [3.8, 4) is 11.5 Å². The number of rotatable bonds is 6. The van der Waals surface area contributed by atoms with Gasteiger partial charge in [-0.2, -0.15) is 0 Å². The molecular weight excluding hydrogens is 494 g/mol. The molecule has 3 aromatic rings. The second kappa shape index (κ2) is 10.9. The average molecular weight is 516 g/mol. The molecule has 166 valence electrons. The predicted octanol–water partition coefficient (Wildman–Crippen LogP) is 4.10. The Morgan fingerprint density at radius 3 is 2.53 bits per heavy atom. The number of halogens is 1. The number of nitrogens with one attached hydrogen (secondary N) is 3.